The molecular weight excluding hydrogens is 270 g/mol. The van der Waals surface area contributed by atoms with E-state index in [0.717, 1.165) is 6.54 Å². The van der Waals surface area contributed by atoms with Crippen molar-refractivity contribution in [2.45, 2.75) is 43.6 Å². The molecule has 2 aliphatic heterocycles. The van der Waals surface area contributed by atoms with Gasteiger partial charge in [0, 0.05) is 20.0 Å². The van der Waals surface area contributed by atoms with Crippen LogP contribution in [0.25, 0.3) is 0 Å². The van der Waals surface area contributed by atoms with E-state index in [1.165, 1.54) is 18.7 Å². The van der Waals surface area contributed by atoms with Crippen LogP contribution in [0, 0.1) is 0 Å². The molecule has 1 unspecified atom stereocenters. The summed E-state index contributed by atoms with van der Waals surface area (Å²) in [4.78, 5) is 15.2. The third-order valence-corrected chi connectivity index (χ3v) is 4.14. The number of aliphatic hydroxyl groups is 2. The summed E-state index contributed by atoms with van der Waals surface area (Å²) >= 11 is 1.40. The molecule has 5 atom stereocenters. The van der Waals surface area contributed by atoms with Crippen LogP contribution in [0.15, 0.2) is 4.99 Å². The number of rotatable bonds is 3. The molecule has 2 aliphatic rings. The van der Waals surface area contributed by atoms with Gasteiger partial charge in [-0.2, -0.15) is 0 Å². The van der Waals surface area contributed by atoms with Crippen molar-refractivity contribution in [2.75, 3.05) is 13.1 Å². The Kier molecular flexibility index (Phi) is 4.67. The fourth-order valence-electron chi connectivity index (χ4n) is 2.08. The lowest BCUT2D eigenvalue weighted by atomic mass is 9.98. The van der Waals surface area contributed by atoms with E-state index in [1.54, 1.807) is 0 Å². The van der Waals surface area contributed by atoms with Gasteiger partial charge in [-0.3, -0.25) is 9.79 Å². The van der Waals surface area contributed by atoms with E-state index in [4.69, 9.17) is 4.74 Å². The SMILES string of the molecule is CCNC1=N[C@H]2[C@@H](O)[C@@H](O)C(CNC(C)=O)O[C@@H]2S1. The molecule has 8 heteroatoms. The van der Waals surface area contributed by atoms with Crippen LogP contribution in [-0.4, -0.2) is 64.2 Å². The molecule has 7 nitrogen and oxygen atoms in total. The number of carbonyl (C=O) groups is 1. The predicted octanol–water partition coefficient (Wildman–Crippen LogP) is -1.35. The fraction of sp³-hybridized carbons (Fsp3) is 0.818. The number of hydrogen-bond acceptors (Lipinski definition) is 7. The third kappa shape index (κ3) is 3.19. The largest absolute Gasteiger partial charge is 0.388 e. The van der Waals surface area contributed by atoms with Crippen LogP contribution in [-0.2, 0) is 9.53 Å². The Morgan fingerprint density at radius 3 is 2.84 bits per heavy atom. The molecule has 0 aromatic rings. The first kappa shape index (κ1) is 14.6. The second-order valence-corrected chi connectivity index (χ2v) is 5.62. The summed E-state index contributed by atoms with van der Waals surface area (Å²) < 4.78 is 5.70. The summed E-state index contributed by atoms with van der Waals surface area (Å²) in [5.41, 5.74) is -0.328. The van der Waals surface area contributed by atoms with Crippen LogP contribution >= 0.6 is 11.8 Å². The maximum absolute atomic E-state index is 10.9. The lowest BCUT2D eigenvalue weighted by Gasteiger charge is -2.38. The average molecular weight is 289 g/mol. The number of thioether (sulfide) groups is 1. The zero-order chi connectivity index (χ0) is 14.0. The number of aliphatic imine (C=N–C) groups is 1. The first-order valence-electron chi connectivity index (χ1n) is 6.27. The molecule has 0 radical (unpaired) electrons. The molecule has 0 aromatic carbocycles. The number of amides is 1. The normalized spacial score (nSPS) is 37.5. The van der Waals surface area contributed by atoms with Crippen molar-refractivity contribution in [3.63, 3.8) is 0 Å². The minimum atomic E-state index is -1.06. The molecule has 1 fully saturated rings. The summed E-state index contributed by atoms with van der Waals surface area (Å²) in [6.07, 6.45) is -2.66. The van der Waals surface area contributed by atoms with Gasteiger partial charge in [-0.15, -0.1) is 0 Å². The molecule has 1 amide bonds. The van der Waals surface area contributed by atoms with Gasteiger partial charge in [0.05, 0.1) is 0 Å². The quantitative estimate of drug-likeness (QED) is 0.512. The number of fused-ring (bicyclic) bond motifs is 1. The zero-order valence-electron chi connectivity index (χ0n) is 10.9. The zero-order valence-corrected chi connectivity index (χ0v) is 11.7. The number of nitrogens with one attached hydrogen (secondary N) is 2. The Balaban J connectivity index is 1.99. The molecular formula is C11H19N3O4S. The van der Waals surface area contributed by atoms with Gasteiger partial charge in [0.15, 0.2) is 5.17 Å². The number of carbonyl (C=O) groups excluding carboxylic acids is 1. The fourth-order valence-corrected chi connectivity index (χ4v) is 3.27. The van der Waals surface area contributed by atoms with Gasteiger partial charge in [0.2, 0.25) is 5.91 Å². The summed E-state index contributed by atoms with van der Waals surface area (Å²) in [5.74, 6) is -0.198. The van der Waals surface area contributed by atoms with Crippen molar-refractivity contribution in [2.24, 2.45) is 4.99 Å². The van der Waals surface area contributed by atoms with Gasteiger partial charge < -0.3 is 25.6 Å². The highest BCUT2D eigenvalue weighted by Crippen LogP contribution is 2.35. The Morgan fingerprint density at radius 2 is 2.21 bits per heavy atom. The number of ether oxygens (including phenoxy) is 1. The van der Waals surface area contributed by atoms with Crippen molar-refractivity contribution >= 4 is 22.8 Å². The number of amidine groups is 1. The highest BCUT2D eigenvalue weighted by atomic mass is 32.2. The van der Waals surface area contributed by atoms with E-state index in [-0.39, 0.29) is 17.9 Å². The van der Waals surface area contributed by atoms with E-state index in [0.29, 0.717) is 5.17 Å². The standard InChI is InChI=1S/C11H19N3O4S/c1-3-12-11-14-7-9(17)8(16)6(4-13-5(2)15)18-10(7)19-11/h6-10,16-17H,3-4H2,1-2H3,(H,12,14)(H,13,15)/t6?,7-,8-,9+,10+/m0/s1. The van der Waals surface area contributed by atoms with E-state index in [2.05, 4.69) is 15.6 Å². The molecule has 108 valence electrons. The average Bonchev–Trinajstić information content (AvgIpc) is 2.75. The van der Waals surface area contributed by atoms with Crippen molar-refractivity contribution < 1.29 is 19.7 Å². The van der Waals surface area contributed by atoms with Crippen molar-refractivity contribution in [1.29, 1.82) is 0 Å². The first-order chi connectivity index (χ1) is 9.02. The predicted molar refractivity (Wildman–Crippen MR) is 71.8 cm³/mol. The molecule has 0 bridgehead atoms. The topological polar surface area (TPSA) is 103 Å². The molecule has 0 aliphatic carbocycles. The van der Waals surface area contributed by atoms with Gasteiger partial charge in [0.1, 0.15) is 29.8 Å². The van der Waals surface area contributed by atoms with Crippen LogP contribution in [0.2, 0.25) is 0 Å². The summed E-state index contributed by atoms with van der Waals surface area (Å²) in [6.45, 7) is 4.26. The maximum atomic E-state index is 10.9. The number of aliphatic hydroxyl groups excluding tert-OH is 2. The second kappa shape index (κ2) is 6.08. The Labute approximate surface area is 115 Å². The Hall–Kier alpha value is -0.830. The molecule has 0 spiro atoms. The highest BCUT2D eigenvalue weighted by molar-refractivity contribution is 8.14. The minimum Gasteiger partial charge on any atom is -0.388 e. The Morgan fingerprint density at radius 1 is 1.47 bits per heavy atom. The summed E-state index contributed by atoms with van der Waals surface area (Å²) in [6, 6.07) is -0.470. The van der Waals surface area contributed by atoms with Gasteiger partial charge in [-0.25, -0.2) is 0 Å². The molecule has 0 aromatic heterocycles. The van der Waals surface area contributed by atoms with E-state index < -0.39 is 24.4 Å². The first-order valence-corrected chi connectivity index (χ1v) is 7.15. The monoisotopic (exact) mass is 289 g/mol. The van der Waals surface area contributed by atoms with Gasteiger partial charge >= 0.3 is 0 Å². The van der Waals surface area contributed by atoms with Crippen LogP contribution < -0.4 is 10.6 Å². The maximum Gasteiger partial charge on any atom is 0.216 e. The lowest BCUT2D eigenvalue weighted by Crippen LogP contribution is -2.57. The van der Waals surface area contributed by atoms with Gasteiger partial charge in [-0.1, -0.05) is 11.8 Å². The molecule has 1 saturated heterocycles. The molecule has 4 N–H and O–H groups in total. The summed E-state index contributed by atoms with van der Waals surface area (Å²) in [7, 11) is 0. The third-order valence-electron chi connectivity index (χ3n) is 3.04. The smallest absolute Gasteiger partial charge is 0.216 e. The van der Waals surface area contributed by atoms with Crippen molar-refractivity contribution in [3.05, 3.63) is 0 Å². The van der Waals surface area contributed by atoms with Crippen molar-refractivity contribution in [3.8, 4) is 0 Å². The van der Waals surface area contributed by atoms with Gasteiger partial charge in [0.25, 0.3) is 0 Å². The van der Waals surface area contributed by atoms with Crippen LogP contribution in [0.1, 0.15) is 13.8 Å². The van der Waals surface area contributed by atoms with Crippen LogP contribution in [0.5, 0.6) is 0 Å². The highest BCUT2D eigenvalue weighted by Gasteiger charge is 2.48. The van der Waals surface area contributed by atoms with Crippen LogP contribution in [0.3, 0.4) is 0 Å². The number of hydrogen-bond donors (Lipinski definition) is 4. The van der Waals surface area contributed by atoms with E-state index in [9.17, 15) is 15.0 Å². The van der Waals surface area contributed by atoms with E-state index in [1.807, 2.05) is 6.92 Å². The summed E-state index contributed by atoms with van der Waals surface area (Å²) in [5, 5.41) is 26.4. The lowest BCUT2D eigenvalue weighted by molar-refractivity contribution is -0.152. The molecule has 19 heavy (non-hydrogen) atoms. The molecule has 2 heterocycles. The van der Waals surface area contributed by atoms with Gasteiger partial charge in [-0.05, 0) is 6.92 Å². The minimum absolute atomic E-state index is 0.174. The number of nitrogens with zero attached hydrogens (tertiary/aromatic N) is 1. The van der Waals surface area contributed by atoms with Crippen LogP contribution in [0.4, 0.5) is 0 Å². The second-order valence-electron chi connectivity index (χ2n) is 4.53. The molecule has 2 rings (SSSR count). The Bertz CT molecular complexity index is 379. The van der Waals surface area contributed by atoms with Crippen molar-refractivity contribution in [1.82, 2.24) is 10.6 Å². The van der Waals surface area contributed by atoms with E-state index >= 15 is 0 Å². The molecule has 0 saturated carbocycles.